The van der Waals surface area contributed by atoms with E-state index < -0.39 is 0 Å². The lowest BCUT2D eigenvalue weighted by Crippen LogP contribution is -2.44. The molecule has 2 heterocycles. The van der Waals surface area contributed by atoms with Crippen LogP contribution >= 0.6 is 0 Å². The number of likely N-dealkylation sites (tertiary alicyclic amines) is 1. The van der Waals surface area contributed by atoms with Crippen LogP contribution in [0.4, 0.5) is 0 Å². The van der Waals surface area contributed by atoms with Crippen LogP contribution in [0.1, 0.15) is 75.2 Å². The number of amides is 2. The van der Waals surface area contributed by atoms with E-state index >= 15 is 0 Å². The van der Waals surface area contributed by atoms with Gasteiger partial charge in [-0.15, -0.1) is 0 Å². The number of benzene rings is 1. The van der Waals surface area contributed by atoms with E-state index in [1.54, 1.807) is 17.0 Å². The number of carbonyl (C=O) groups is 2. The third kappa shape index (κ3) is 5.13. The van der Waals surface area contributed by atoms with Crippen molar-refractivity contribution in [1.82, 2.24) is 10.2 Å². The molecule has 0 aliphatic carbocycles. The molecule has 2 amide bonds. The molecule has 1 aromatic carbocycles. The highest BCUT2D eigenvalue weighted by Crippen LogP contribution is 2.28. The molecule has 0 radical (unpaired) electrons. The van der Waals surface area contributed by atoms with E-state index in [9.17, 15) is 9.59 Å². The maximum absolute atomic E-state index is 13.0. The molecular weight excluding hydrogens is 376 g/mol. The Bertz CT molecular complexity index is 840. The molecule has 1 saturated heterocycles. The number of piperidine rings is 1. The van der Waals surface area contributed by atoms with E-state index in [0.717, 1.165) is 5.56 Å². The minimum atomic E-state index is -0.0992. The van der Waals surface area contributed by atoms with Crippen molar-refractivity contribution in [3.05, 3.63) is 59.5 Å². The molecule has 3 rings (SSSR count). The second-order valence-corrected chi connectivity index (χ2v) is 9.65. The van der Waals surface area contributed by atoms with Crippen LogP contribution in [0.15, 0.2) is 47.1 Å². The Morgan fingerprint density at radius 2 is 1.70 bits per heavy atom. The Morgan fingerprint density at radius 1 is 1.07 bits per heavy atom. The van der Waals surface area contributed by atoms with E-state index in [0.29, 0.717) is 31.7 Å². The van der Waals surface area contributed by atoms with Gasteiger partial charge in [-0.3, -0.25) is 9.59 Å². The molecule has 1 N–H and O–H groups in total. The molecule has 5 nitrogen and oxygen atoms in total. The fourth-order valence-electron chi connectivity index (χ4n) is 4.00. The smallest absolute Gasteiger partial charge is 0.289 e. The fourth-order valence-corrected chi connectivity index (χ4v) is 4.00. The minimum Gasteiger partial charge on any atom is -0.459 e. The number of nitrogens with one attached hydrogen (secondary N) is 1. The molecular formula is C25H34N2O3. The zero-order chi connectivity index (χ0) is 21.9. The lowest BCUT2D eigenvalue weighted by Gasteiger charge is -2.32. The first-order chi connectivity index (χ1) is 14.2. The van der Waals surface area contributed by atoms with Crippen molar-refractivity contribution in [3.63, 3.8) is 0 Å². The average molecular weight is 411 g/mol. The first kappa shape index (κ1) is 22.1. The maximum atomic E-state index is 13.0. The van der Waals surface area contributed by atoms with Crippen molar-refractivity contribution in [1.29, 1.82) is 0 Å². The summed E-state index contributed by atoms with van der Waals surface area (Å²) < 4.78 is 5.21. The SMILES string of the molecule is CC(C)C(NC(=O)C1CCN(C(=O)c2ccco2)CC1)c1ccc(C(C)(C)C)cc1. The lowest BCUT2D eigenvalue weighted by atomic mass is 9.85. The summed E-state index contributed by atoms with van der Waals surface area (Å²) in [6.45, 7) is 12.0. The largest absolute Gasteiger partial charge is 0.459 e. The number of carbonyl (C=O) groups excluding carboxylic acids is 2. The summed E-state index contributed by atoms with van der Waals surface area (Å²) >= 11 is 0. The quantitative estimate of drug-likeness (QED) is 0.759. The Hall–Kier alpha value is -2.56. The summed E-state index contributed by atoms with van der Waals surface area (Å²) in [5, 5.41) is 3.27. The van der Waals surface area contributed by atoms with Gasteiger partial charge in [0.25, 0.3) is 5.91 Å². The van der Waals surface area contributed by atoms with Crippen molar-refractivity contribution in [2.75, 3.05) is 13.1 Å². The van der Waals surface area contributed by atoms with E-state index in [-0.39, 0.29) is 35.1 Å². The maximum Gasteiger partial charge on any atom is 0.289 e. The van der Waals surface area contributed by atoms with Crippen LogP contribution in [0.3, 0.4) is 0 Å². The average Bonchev–Trinajstić information content (AvgIpc) is 3.25. The van der Waals surface area contributed by atoms with E-state index in [1.807, 2.05) is 0 Å². The van der Waals surface area contributed by atoms with E-state index in [1.165, 1.54) is 11.8 Å². The van der Waals surface area contributed by atoms with Crippen LogP contribution in [-0.2, 0) is 10.2 Å². The first-order valence-electron chi connectivity index (χ1n) is 10.9. The van der Waals surface area contributed by atoms with Crippen molar-refractivity contribution >= 4 is 11.8 Å². The van der Waals surface area contributed by atoms with Crippen molar-refractivity contribution in [2.45, 2.75) is 58.9 Å². The van der Waals surface area contributed by atoms with E-state index in [2.05, 4.69) is 64.2 Å². The predicted octanol–water partition coefficient (Wildman–Crippen LogP) is 4.94. The molecule has 1 unspecified atom stereocenters. The Morgan fingerprint density at radius 3 is 2.20 bits per heavy atom. The van der Waals surface area contributed by atoms with Gasteiger partial charge in [-0.05, 0) is 47.4 Å². The molecule has 1 atom stereocenters. The van der Waals surface area contributed by atoms with Crippen LogP contribution in [0.5, 0.6) is 0 Å². The number of furan rings is 1. The van der Waals surface area contributed by atoms with Gasteiger partial charge in [0.1, 0.15) is 0 Å². The molecule has 0 saturated carbocycles. The summed E-state index contributed by atoms with van der Waals surface area (Å²) in [7, 11) is 0. The second kappa shape index (κ2) is 9.07. The molecule has 2 aromatic rings. The Balaban J connectivity index is 1.60. The third-order valence-corrected chi connectivity index (χ3v) is 5.99. The summed E-state index contributed by atoms with van der Waals surface area (Å²) in [4.78, 5) is 27.2. The topological polar surface area (TPSA) is 62.6 Å². The molecule has 0 bridgehead atoms. The minimum absolute atomic E-state index is 0.0192. The van der Waals surface area contributed by atoms with Crippen LogP contribution in [0.2, 0.25) is 0 Å². The number of hydrogen-bond donors (Lipinski definition) is 1. The normalized spacial score (nSPS) is 16.5. The van der Waals surface area contributed by atoms with Crippen LogP contribution in [-0.4, -0.2) is 29.8 Å². The van der Waals surface area contributed by atoms with Gasteiger partial charge in [-0.25, -0.2) is 0 Å². The highest BCUT2D eigenvalue weighted by atomic mass is 16.3. The summed E-state index contributed by atoms with van der Waals surface area (Å²) in [5.41, 5.74) is 2.53. The van der Waals surface area contributed by atoms with E-state index in [4.69, 9.17) is 4.42 Å². The Kier molecular flexibility index (Phi) is 6.69. The molecule has 162 valence electrons. The Labute approximate surface area is 179 Å². The molecule has 1 aromatic heterocycles. The van der Waals surface area contributed by atoms with Gasteiger partial charge in [0.05, 0.1) is 12.3 Å². The highest BCUT2D eigenvalue weighted by Gasteiger charge is 2.30. The summed E-state index contributed by atoms with van der Waals surface area (Å²) in [5.74, 6) is 0.559. The van der Waals surface area contributed by atoms with Gasteiger partial charge < -0.3 is 14.6 Å². The van der Waals surface area contributed by atoms with Crippen molar-refractivity contribution < 1.29 is 14.0 Å². The monoisotopic (exact) mass is 410 g/mol. The van der Waals surface area contributed by atoms with Gasteiger partial charge in [0.2, 0.25) is 5.91 Å². The molecule has 1 aliphatic rings. The van der Waals surface area contributed by atoms with Gasteiger partial charge >= 0.3 is 0 Å². The number of rotatable bonds is 5. The van der Waals surface area contributed by atoms with Crippen LogP contribution in [0, 0.1) is 11.8 Å². The van der Waals surface area contributed by atoms with Crippen molar-refractivity contribution in [3.8, 4) is 0 Å². The van der Waals surface area contributed by atoms with Gasteiger partial charge in [-0.1, -0.05) is 58.9 Å². The third-order valence-electron chi connectivity index (χ3n) is 5.99. The number of nitrogens with zero attached hydrogens (tertiary/aromatic N) is 1. The van der Waals surface area contributed by atoms with Gasteiger partial charge in [-0.2, -0.15) is 0 Å². The summed E-state index contributed by atoms with van der Waals surface area (Å²) in [6.07, 6.45) is 2.85. The van der Waals surface area contributed by atoms with Gasteiger partial charge in [0.15, 0.2) is 5.76 Å². The first-order valence-corrected chi connectivity index (χ1v) is 10.9. The van der Waals surface area contributed by atoms with Crippen LogP contribution < -0.4 is 5.32 Å². The fraction of sp³-hybridized carbons (Fsp3) is 0.520. The standard InChI is InChI=1S/C25H34N2O3/c1-17(2)22(18-8-10-20(11-9-18)25(3,4)5)26-23(28)19-12-14-27(15-13-19)24(29)21-7-6-16-30-21/h6-11,16-17,19,22H,12-15H2,1-5H3,(H,26,28). The van der Waals surface area contributed by atoms with Crippen molar-refractivity contribution in [2.24, 2.45) is 11.8 Å². The van der Waals surface area contributed by atoms with Gasteiger partial charge in [0, 0.05) is 19.0 Å². The summed E-state index contributed by atoms with van der Waals surface area (Å²) in [6, 6.07) is 12.0. The molecule has 0 spiro atoms. The predicted molar refractivity (Wildman–Crippen MR) is 118 cm³/mol. The second-order valence-electron chi connectivity index (χ2n) is 9.65. The molecule has 1 aliphatic heterocycles. The van der Waals surface area contributed by atoms with Crippen LogP contribution in [0.25, 0.3) is 0 Å². The molecule has 1 fully saturated rings. The lowest BCUT2D eigenvalue weighted by molar-refractivity contribution is -0.127. The number of hydrogen-bond acceptors (Lipinski definition) is 3. The zero-order valence-corrected chi connectivity index (χ0v) is 18.8. The zero-order valence-electron chi connectivity index (χ0n) is 18.8. The molecule has 30 heavy (non-hydrogen) atoms. The molecule has 5 heteroatoms. The highest BCUT2D eigenvalue weighted by molar-refractivity contribution is 5.91.